The monoisotopic (exact) mass is 905 g/mol. The predicted octanol–water partition coefficient (Wildman–Crippen LogP) is 9.14. The molecule has 0 spiro atoms. The Labute approximate surface area is 388 Å². The van der Waals surface area contributed by atoms with Crippen molar-refractivity contribution in [3.63, 3.8) is 0 Å². The zero-order valence-corrected chi connectivity index (χ0v) is 36.2. The van der Waals surface area contributed by atoms with Crippen LogP contribution in [0.25, 0.3) is 23.3 Å². The Kier molecular flexibility index (Phi) is 16.0. The third kappa shape index (κ3) is 13.3. The van der Waals surface area contributed by atoms with Gasteiger partial charge in [0.25, 0.3) is 5.91 Å². The van der Waals surface area contributed by atoms with E-state index in [0.717, 1.165) is 22.3 Å². The summed E-state index contributed by atoms with van der Waals surface area (Å²) in [4.78, 5) is 48.2. The molecule has 0 aliphatic carbocycles. The van der Waals surface area contributed by atoms with Gasteiger partial charge in [0.1, 0.15) is 23.0 Å². The van der Waals surface area contributed by atoms with Crippen molar-refractivity contribution in [1.82, 2.24) is 4.90 Å². The van der Waals surface area contributed by atoms with Crippen molar-refractivity contribution in [1.29, 1.82) is 0 Å². The minimum atomic E-state index is -1.04. The van der Waals surface area contributed by atoms with E-state index in [0.29, 0.717) is 88.4 Å². The van der Waals surface area contributed by atoms with Crippen LogP contribution in [0, 0.1) is 0 Å². The van der Waals surface area contributed by atoms with Crippen LogP contribution in [0.1, 0.15) is 53.6 Å². The lowest BCUT2D eigenvalue weighted by Crippen LogP contribution is -2.22. The summed E-state index contributed by atoms with van der Waals surface area (Å²) in [5.74, 6) is 3.31. The highest BCUT2D eigenvalue weighted by Crippen LogP contribution is 2.36. The van der Waals surface area contributed by atoms with Gasteiger partial charge in [-0.15, -0.1) is 0 Å². The number of carboxylic acid groups (broad SMARTS) is 1. The van der Waals surface area contributed by atoms with Crippen molar-refractivity contribution in [2.45, 2.75) is 33.1 Å². The molecular weight excluding hydrogens is 855 g/mol. The molecule has 0 atom stereocenters. The Hall–Kier alpha value is -8.52. The third-order valence-electron chi connectivity index (χ3n) is 10.3. The number of carboxylic acids is 1. The predicted molar refractivity (Wildman–Crippen MR) is 255 cm³/mol. The molecule has 0 fully saturated rings. The summed E-state index contributed by atoms with van der Waals surface area (Å²) < 4.78 is 33.2. The molecule has 344 valence electrons. The lowest BCUT2D eigenvalue weighted by atomic mass is 10.0. The summed E-state index contributed by atoms with van der Waals surface area (Å²) in [6.45, 7) is 0.357. The molecule has 3 amide bonds. The molecule has 8 rings (SSSR count). The highest BCUT2D eigenvalue weighted by molar-refractivity contribution is 6.24. The molecule has 0 saturated carbocycles. The van der Waals surface area contributed by atoms with Gasteiger partial charge in [-0.2, -0.15) is 0 Å². The summed E-state index contributed by atoms with van der Waals surface area (Å²) >= 11 is 0. The molecule has 0 unspecified atom stereocenters. The number of nitrogens with zero attached hydrogens (tertiary/aromatic N) is 1. The molecular formula is C53H51N3O11. The summed E-state index contributed by atoms with van der Waals surface area (Å²) in [6.07, 6.45) is 5.22. The number of benzene rings is 6. The van der Waals surface area contributed by atoms with E-state index in [-0.39, 0.29) is 44.3 Å². The maximum Gasteiger partial charge on any atom is 0.336 e. The molecule has 2 aliphatic heterocycles. The van der Waals surface area contributed by atoms with E-state index in [1.807, 2.05) is 97.1 Å². The van der Waals surface area contributed by atoms with E-state index in [9.17, 15) is 24.3 Å². The molecule has 2 heterocycles. The third-order valence-corrected chi connectivity index (χ3v) is 10.3. The van der Waals surface area contributed by atoms with Gasteiger partial charge in [0.15, 0.2) is 23.0 Å². The first-order valence-corrected chi connectivity index (χ1v) is 20.9. The molecule has 6 aromatic carbocycles. The number of fused-ring (bicyclic) bond motifs is 2. The van der Waals surface area contributed by atoms with Crippen LogP contribution in [0.5, 0.6) is 46.0 Å². The van der Waals surface area contributed by atoms with E-state index < -0.39 is 5.97 Å². The molecule has 0 bridgehead atoms. The van der Waals surface area contributed by atoms with Crippen LogP contribution >= 0.6 is 0 Å². The quantitative estimate of drug-likeness (QED) is 0.0618. The lowest BCUT2D eigenvalue weighted by molar-refractivity contribution is -0.130. The Morgan fingerprint density at radius 3 is 1.27 bits per heavy atom. The zero-order valence-electron chi connectivity index (χ0n) is 36.2. The first-order valence-electron chi connectivity index (χ1n) is 20.9. The highest BCUT2D eigenvalue weighted by Gasteiger charge is 2.18. The molecule has 0 radical (unpaired) electrons. The maximum absolute atomic E-state index is 12.9. The summed E-state index contributed by atoms with van der Waals surface area (Å²) in [5.41, 5.74) is 15.9. The number of primary amides is 2. The number of rotatable bonds is 16. The number of aryl methyl sites for hydroxylation is 2. The van der Waals surface area contributed by atoms with Gasteiger partial charge in [0.05, 0.1) is 5.57 Å². The number of carbonyl (C=O) groups is 4. The largest absolute Gasteiger partial charge is 0.478 e. The van der Waals surface area contributed by atoms with Crippen LogP contribution < -0.4 is 39.9 Å². The van der Waals surface area contributed by atoms with Gasteiger partial charge in [0, 0.05) is 32.5 Å². The van der Waals surface area contributed by atoms with Gasteiger partial charge in [-0.3, -0.25) is 14.4 Å². The van der Waals surface area contributed by atoms with Gasteiger partial charge in [-0.1, -0.05) is 68.1 Å². The van der Waals surface area contributed by atoms with E-state index in [4.69, 9.17) is 39.9 Å². The molecule has 14 heteroatoms. The van der Waals surface area contributed by atoms with E-state index >= 15 is 0 Å². The number of carbonyl (C=O) groups excluding carboxylic acids is 3. The summed E-state index contributed by atoms with van der Waals surface area (Å²) in [7, 11) is 3.45. The molecule has 67 heavy (non-hydrogen) atoms. The first-order chi connectivity index (χ1) is 31.9. The second-order valence-electron chi connectivity index (χ2n) is 15.3. The highest BCUT2D eigenvalue weighted by atomic mass is 16.7. The standard InChI is InChI=1S/C27H26N2O5.C25H21NO6.CH4/c1-29(2)27(31)23(15-19-5-13-24-25(16-19)33-17-32-24)20-7-11-22(12-8-20)34-21-9-3-18(4-10-21)6-14-26(28)30;26-24(27)12-4-16-1-7-19(8-2-16)32-20-9-5-18(6-10-20)21(25(28)29)13-17-3-11-22-23(14-17)31-15-30-22;/h3-5,7-13,15-16H,6,14,17H2,1-2H3,(H2,28,30);1-3,5-11,13-14H,4,12,15H2,(H2,26,27)(H,28,29);1H4/b23-15+;21-13+;. The fourth-order valence-electron chi connectivity index (χ4n) is 6.78. The molecule has 2 aliphatic rings. The zero-order chi connectivity index (χ0) is 46.6. The summed E-state index contributed by atoms with van der Waals surface area (Å²) in [5, 5.41) is 9.71. The van der Waals surface area contributed by atoms with Crippen molar-refractivity contribution in [2.24, 2.45) is 11.5 Å². The Morgan fingerprint density at radius 2 is 0.896 bits per heavy atom. The number of nitrogens with two attached hydrogens (primary N) is 2. The minimum absolute atomic E-state index is 0. The first kappa shape index (κ1) is 47.9. The smallest absolute Gasteiger partial charge is 0.336 e. The minimum Gasteiger partial charge on any atom is -0.478 e. The number of amides is 3. The Morgan fingerprint density at radius 1 is 0.537 bits per heavy atom. The Bertz CT molecular complexity index is 2760. The number of hydrogen-bond donors (Lipinski definition) is 3. The number of likely N-dealkylation sites (N-methyl/N-ethyl adjacent to an activating group) is 1. The van der Waals surface area contributed by atoms with Gasteiger partial charge in [-0.05, 0) is 131 Å². The van der Waals surface area contributed by atoms with Crippen molar-refractivity contribution < 1.29 is 52.7 Å². The van der Waals surface area contributed by atoms with Crippen LogP contribution in [0.2, 0.25) is 0 Å². The van der Waals surface area contributed by atoms with Crippen LogP contribution in [0.15, 0.2) is 133 Å². The molecule has 0 aromatic heterocycles. The van der Waals surface area contributed by atoms with Crippen LogP contribution in [-0.4, -0.2) is 61.4 Å². The SMILES string of the molecule is C.CN(C)C(=O)/C(=C/c1ccc2c(c1)OCO2)c1ccc(Oc2ccc(CCC(N)=O)cc2)cc1.NC(=O)CCc1ccc(Oc2ccc(/C(=C\c3ccc4c(c3)OCO4)C(=O)O)cc2)cc1. The van der Waals surface area contributed by atoms with Crippen molar-refractivity contribution in [2.75, 3.05) is 27.7 Å². The topological polar surface area (TPSA) is 199 Å². The average molecular weight is 906 g/mol. The molecule has 14 nitrogen and oxygen atoms in total. The van der Waals surface area contributed by atoms with Crippen molar-refractivity contribution in [3.8, 4) is 46.0 Å². The van der Waals surface area contributed by atoms with Gasteiger partial charge in [0.2, 0.25) is 25.4 Å². The Balaban J connectivity index is 0.000000218. The van der Waals surface area contributed by atoms with Crippen molar-refractivity contribution >= 4 is 47.0 Å². The number of ether oxygens (including phenoxy) is 6. The fraction of sp³-hybridized carbons (Fsp3) is 0.170. The normalized spacial score (nSPS) is 12.2. The second-order valence-corrected chi connectivity index (χ2v) is 15.3. The van der Waals surface area contributed by atoms with E-state index in [2.05, 4.69) is 0 Å². The van der Waals surface area contributed by atoms with E-state index in [1.165, 1.54) is 0 Å². The number of aliphatic carboxylic acids is 1. The van der Waals surface area contributed by atoms with Gasteiger partial charge in [-0.25, -0.2) is 4.79 Å². The lowest BCUT2D eigenvalue weighted by Gasteiger charge is -2.15. The molecule has 6 aromatic rings. The van der Waals surface area contributed by atoms with Crippen LogP contribution in [-0.2, 0) is 32.0 Å². The van der Waals surface area contributed by atoms with Crippen molar-refractivity contribution in [3.05, 3.63) is 167 Å². The van der Waals surface area contributed by atoms with Crippen LogP contribution in [0.3, 0.4) is 0 Å². The summed E-state index contributed by atoms with van der Waals surface area (Å²) in [6, 6.07) is 40.0. The second kappa shape index (κ2) is 22.4. The number of hydrogen-bond acceptors (Lipinski definition) is 10. The van der Waals surface area contributed by atoms with E-state index in [1.54, 1.807) is 67.5 Å². The molecule has 5 N–H and O–H groups in total. The van der Waals surface area contributed by atoms with Gasteiger partial charge < -0.3 is 49.9 Å². The maximum atomic E-state index is 12.9. The van der Waals surface area contributed by atoms with Crippen LogP contribution in [0.4, 0.5) is 0 Å². The fourth-order valence-corrected chi connectivity index (χ4v) is 6.78. The average Bonchev–Trinajstić information content (AvgIpc) is 4.00. The molecule has 0 saturated heterocycles. The van der Waals surface area contributed by atoms with Gasteiger partial charge >= 0.3 is 5.97 Å².